The van der Waals surface area contributed by atoms with Crippen LogP contribution in [-0.4, -0.2) is 12.3 Å². The van der Waals surface area contributed by atoms with Gasteiger partial charge in [-0.15, -0.1) is 0 Å². The first-order valence-corrected chi connectivity index (χ1v) is 4.30. The summed E-state index contributed by atoms with van der Waals surface area (Å²) in [7, 11) is 0. The molecule has 0 aromatic heterocycles. The van der Waals surface area contributed by atoms with Crippen LogP contribution in [0.25, 0.3) is 0 Å². The standard InChI is InChI=1S/C9H15N/c1-6-3-9-4-8(5-10-9)7(6)2/h5-9H,3-4H2,1-2H3. The van der Waals surface area contributed by atoms with E-state index in [4.69, 9.17) is 0 Å². The number of hydrogen-bond acceptors (Lipinski definition) is 1. The highest BCUT2D eigenvalue weighted by Gasteiger charge is 2.34. The van der Waals surface area contributed by atoms with E-state index in [0.29, 0.717) is 6.04 Å². The Morgan fingerprint density at radius 2 is 2.10 bits per heavy atom. The fraction of sp³-hybridized carbons (Fsp3) is 0.889. The lowest BCUT2D eigenvalue weighted by molar-refractivity contribution is 0.231. The normalized spacial score (nSPS) is 51.8. The van der Waals surface area contributed by atoms with Gasteiger partial charge in [0.2, 0.25) is 0 Å². The Balaban J connectivity index is 2.16. The SMILES string of the molecule is CC1CC2CC(C=N2)C1C. The Labute approximate surface area is 62.5 Å². The zero-order valence-corrected chi connectivity index (χ0v) is 6.75. The molecule has 1 saturated carbocycles. The summed E-state index contributed by atoms with van der Waals surface area (Å²) in [6.07, 6.45) is 4.86. The molecule has 0 saturated heterocycles. The average Bonchev–Trinajstić information content (AvgIpc) is 2.29. The molecule has 0 aromatic carbocycles. The van der Waals surface area contributed by atoms with Gasteiger partial charge >= 0.3 is 0 Å². The molecule has 56 valence electrons. The van der Waals surface area contributed by atoms with Crippen LogP contribution < -0.4 is 0 Å². The van der Waals surface area contributed by atoms with Crippen LogP contribution in [0.2, 0.25) is 0 Å². The minimum absolute atomic E-state index is 0.691. The third kappa shape index (κ3) is 0.799. The summed E-state index contributed by atoms with van der Waals surface area (Å²) in [5, 5.41) is 0. The molecule has 2 rings (SSSR count). The van der Waals surface area contributed by atoms with Crippen molar-refractivity contribution in [1.29, 1.82) is 0 Å². The van der Waals surface area contributed by atoms with E-state index >= 15 is 0 Å². The molecule has 4 atom stereocenters. The van der Waals surface area contributed by atoms with Gasteiger partial charge in [0, 0.05) is 6.21 Å². The molecular formula is C9H15N. The Hall–Kier alpha value is -0.330. The first-order chi connectivity index (χ1) is 4.77. The Morgan fingerprint density at radius 1 is 1.30 bits per heavy atom. The van der Waals surface area contributed by atoms with E-state index in [1.54, 1.807) is 0 Å². The van der Waals surface area contributed by atoms with Crippen molar-refractivity contribution in [3.05, 3.63) is 0 Å². The topological polar surface area (TPSA) is 12.4 Å². The fourth-order valence-corrected chi connectivity index (χ4v) is 2.24. The van der Waals surface area contributed by atoms with Crippen LogP contribution in [0, 0.1) is 17.8 Å². The van der Waals surface area contributed by atoms with Gasteiger partial charge in [0.1, 0.15) is 0 Å². The monoisotopic (exact) mass is 137 g/mol. The van der Waals surface area contributed by atoms with Crippen LogP contribution in [0.1, 0.15) is 26.7 Å². The first kappa shape index (κ1) is 6.38. The highest BCUT2D eigenvalue weighted by Crippen LogP contribution is 2.38. The summed E-state index contributed by atoms with van der Waals surface area (Å²) < 4.78 is 0. The number of fused-ring (bicyclic) bond motifs is 2. The van der Waals surface area contributed by atoms with E-state index in [1.165, 1.54) is 12.8 Å². The summed E-state index contributed by atoms with van der Waals surface area (Å²) in [6, 6.07) is 0.691. The molecule has 10 heavy (non-hydrogen) atoms. The molecule has 1 nitrogen and oxygen atoms in total. The largest absolute Gasteiger partial charge is 0.294 e. The van der Waals surface area contributed by atoms with E-state index in [1.807, 2.05) is 0 Å². The molecule has 2 bridgehead atoms. The molecule has 1 fully saturated rings. The smallest absolute Gasteiger partial charge is 0.0504 e. The Bertz CT molecular complexity index is 162. The summed E-state index contributed by atoms with van der Waals surface area (Å²) in [5.41, 5.74) is 0. The molecule has 1 aliphatic heterocycles. The number of rotatable bonds is 0. The molecule has 1 heteroatoms. The lowest BCUT2D eigenvalue weighted by Crippen LogP contribution is -2.27. The van der Waals surface area contributed by atoms with Crippen LogP contribution in [0.4, 0.5) is 0 Å². The number of nitrogens with zero attached hydrogens (tertiary/aromatic N) is 1. The molecule has 2 aliphatic rings. The van der Waals surface area contributed by atoms with Crippen LogP contribution >= 0.6 is 0 Å². The van der Waals surface area contributed by atoms with E-state index in [9.17, 15) is 0 Å². The van der Waals surface area contributed by atoms with Gasteiger partial charge in [-0.25, -0.2) is 0 Å². The van der Waals surface area contributed by atoms with Gasteiger partial charge < -0.3 is 0 Å². The van der Waals surface area contributed by atoms with Crippen molar-refractivity contribution in [1.82, 2.24) is 0 Å². The highest BCUT2D eigenvalue weighted by atomic mass is 14.8. The summed E-state index contributed by atoms with van der Waals surface area (Å²) in [5.74, 6) is 2.59. The molecule has 0 amide bonds. The third-order valence-corrected chi connectivity index (χ3v) is 3.25. The van der Waals surface area contributed by atoms with E-state index < -0.39 is 0 Å². The number of hydrogen-bond donors (Lipinski definition) is 0. The van der Waals surface area contributed by atoms with Gasteiger partial charge in [-0.1, -0.05) is 13.8 Å². The maximum absolute atomic E-state index is 4.47. The summed E-state index contributed by atoms with van der Waals surface area (Å²) in [6.45, 7) is 4.72. The maximum Gasteiger partial charge on any atom is 0.0504 e. The fourth-order valence-electron chi connectivity index (χ4n) is 2.24. The molecule has 1 heterocycles. The third-order valence-electron chi connectivity index (χ3n) is 3.25. The lowest BCUT2D eigenvalue weighted by Gasteiger charge is -2.30. The van der Waals surface area contributed by atoms with Gasteiger partial charge in [0.25, 0.3) is 0 Å². The highest BCUT2D eigenvalue weighted by molar-refractivity contribution is 5.64. The van der Waals surface area contributed by atoms with Crippen LogP contribution in [0.15, 0.2) is 4.99 Å². The van der Waals surface area contributed by atoms with Gasteiger partial charge in [-0.05, 0) is 30.6 Å². The van der Waals surface area contributed by atoms with Crippen molar-refractivity contribution >= 4 is 6.21 Å². The van der Waals surface area contributed by atoms with Crippen molar-refractivity contribution in [3.8, 4) is 0 Å². The van der Waals surface area contributed by atoms with Crippen molar-refractivity contribution in [2.75, 3.05) is 0 Å². The quantitative estimate of drug-likeness (QED) is 0.485. The number of aliphatic imine (C=N–C) groups is 1. The van der Waals surface area contributed by atoms with Gasteiger partial charge in [-0.2, -0.15) is 0 Å². The van der Waals surface area contributed by atoms with E-state index in [-0.39, 0.29) is 0 Å². The van der Waals surface area contributed by atoms with Crippen LogP contribution in [0.3, 0.4) is 0 Å². The second-order valence-electron chi connectivity index (χ2n) is 3.92. The van der Waals surface area contributed by atoms with Gasteiger partial charge in [-0.3, -0.25) is 4.99 Å². The molecule has 1 aliphatic carbocycles. The van der Waals surface area contributed by atoms with Crippen LogP contribution in [0.5, 0.6) is 0 Å². The summed E-state index contributed by atoms with van der Waals surface area (Å²) >= 11 is 0. The predicted molar refractivity (Wildman–Crippen MR) is 43.3 cm³/mol. The van der Waals surface area contributed by atoms with Crippen molar-refractivity contribution in [2.24, 2.45) is 22.7 Å². The van der Waals surface area contributed by atoms with E-state index in [2.05, 4.69) is 25.1 Å². The molecule has 0 spiro atoms. The Morgan fingerprint density at radius 3 is 2.90 bits per heavy atom. The zero-order valence-electron chi connectivity index (χ0n) is 6.75. The summed E-state index contributed by atoms with van der Waals surface area (Å²) in [4.78, 5) is 4.47. The maximum atomic E-state index is 4.47. The van der Waals surface area contributed by atoms with Crippen molar-refractivity contribution in [3.63, 3.8) is 0 Å². The lowest BCUT2D eigenvalue weighted by atomic mass is 9.74. The van der Waals surface area contributed by atoms with Crippen molar-refractivity contribution < 1.29 is 0 Å². The predicted octanol–water partition coefficient (Wildman–Crippen LogP) is 2.12. The second kappa shape index (κ2) is 2.08. The molecular weight excluding hydrogens is 122 g/mol. The second-order valence-corrected chi connectivity index (χ2v) is 3.92. The Kier molecular flexibility index (Phi) is 1.33. The van der Waals surface area contributed by atoms with Gasteiger partial charge in [0.15, 0.2) is 0 Å². The van der Waals surface area contributed by atoms with Crippen molar-refractivity contribution in [2.45, 2.75) is 32.7 Å². The zero-order chi connectivity index (χ0) is 7.14. The molecule has 0 radical (unpaired) electrons. The van der Waals surface area contributed by atoms with E-state index in [0.717, 1.165) is 17.8 Å². The van der Waals surface area contributed by atoms with Gasteiger partial charge in [0.05, 0.1) is 6.04 Å². The van der Waals surface area contributed by atoms with Crippen LogP contribution in [-0.2, 0) is 0 Å². The molecule has 0 N–H and O–H groups in total. The average molecular weight is 137 g/mol. The minimum Gasteiger partial charge on any atom is -0.294 e. The minimum atomic E-state index is 0.691. The molecule has 4 unspecified atom stereocenters. The first-order valence-electron chi connectivity index (χ1n) is 4.30. The molecule has 0 aromatic rings.